The van der Waals surface area contributed by atoms with E-state index in [0.717, 1.165) is 34.0 Å². The van der Waals surface area contributed by atoms with Crippen LogP contribution in [0.1, 0.15) is 5.56 Å². The van der Waals surface area contributed by atoms with E-state index in [4.69, 9.17) is 0 Å². The molecule has 0 saturated carbocycles. The van der Waals surface area contributed by atoms with E-state index in [1.54, 1.807) is 12.1 Å². The van der Waals surface area contributed by atoms with E-state index in [1.807, 2.05) is 43.0 Å². The second-order valence-electron chi connectivity index (χ2n) is 6.56. The zero-order valence-corrected chi connectivity index (χ0v) is 15.2. The molecule has 0 bridgehead atoms. The van der Waals surface area contributed by atoms with E-state index in [9.17, 15) is 4.39 Å². The average Bonchev–Trinajstić information content (AvgIpc) is 3.11. The second-order valence-corrected chi connectivity index (χ2v) is 6.56. The molecule has 0 unspecified atom stereocenters. The molecule has 1 N–H and O–H groups in total. The third-order valence-electron chi connectivity index (χ3n) is 4.41. The van der Waals surface area contributed by atoms with Gasteiger partial charge < -0.3 is 10.2 Å². The Morgan fingerprint density at radius 2 is 1.85 bits per heavy atom. The van der Waals surface area contributed by atoms with E-state index in [-0.39, 0.29) is 5.82 Å². The van der Waals surface area contributed by atoms with Crippen molar-refractivity contribution in [1.82, 2.24) is 14.6 Å². The normalized spacial score (nSPS) is 10.9. The highest BCUT2D eigenvalue weighted by molar-refractivity contribution is 5.68. The molecule has 2 aromatic heterocycles. The summed E-state index contributed by atoms with van der Waals surface area (Å²) in [7, 11) is 4.03. The van der Waals surface area contributed by atoms with Crippen molar-refractivity contribution in [3.05, 3.63) is 78.2 Å². The van der Waals surface area contributed by atoms with Crippen molar-refractivity contribution in [3.63, 3.8) is 0 Å². The first kappa shape index (κ1) is 17.0. The number of nitrogens with zero attached hydrogens (tertiary/aromatic N) is 4. The van der Waals surface area contributed by atoms with Crippen molar-refractivity contribution in [3.8, 4) is 11.3 Å². The number of imidazole rings is 1. The van der Waals surface area contributed by atoms with Crippen molar-refractivity contribution in [2.45, 2.75) is 6.54 Å². The van der Waals surface area contributed by atoms with E-state index in [0.29, 0.717) is 6.54 Å². The topological polar surface area (TPSA) is 45.5 Å². The Bertz CT molecular complexity index is 1070. The molecule has 0 radical (unpaired) electrons. The van der Waals surface area contributed by atoms with Gasteiger partial charge in [-0.25, -0.2) is 13.9 Å². The van der Waals surface area contributed by atoms with Crippen LogP contribution in [-0.4, -0.2) is 28.7 Å². The maximum atomic E-state index is 13.0. The minimum atomic E-state index is -0.235. The molecule has 0 saturated heterocycles. The van der Waals surface area contributed by atoms with Crippen LogP contribution >= 0.6 is 0 Å². The predicted molar refractivity (Wildman–Crippen MR) is 106 cm³/mol. The number of hydrogen-bond acceptors (Lipinski definition) is 4. The number of rotatable bonds is 5. The summed E-state index contributed by atoms with van der Waals surface area (Å²) in [5.74, 6) is 0.496. The first-order chi connectivity index (χ1) is 13.1. The first-order valence-corrected chi connectivity index (χ1v) is 8.71. The monoisotopic (exact) mass is 361 g/mol. The highest BCUT2D eigenvalue weighted by Crippen LogP contribution is 2.24. The van der Waals surface area contributed by atoms with Gasteiger partial charge in [0.05, 0.1) is 11.9 Å². The molecule has 136 valence electrons. The number of fused-ring (bicyclic) bond motifs is 1. The molecule has 2 aromatic carbocycles. The van der Waals surface area contributed by atoms with Gasteiger partial charge in [-0.2, -0.15) is 0 Å². The summed E-state index contributed by atoms with van der Waals surface area (Å²) < 4.78 is 14.9. The molecule has 0 spiro atoms. The van der Waals surface area contributed by atoms with E-state index in [1.165, 1.54) is 12.1 Å². The van der Waals surface area contributed by atoms with Crippen LogP contribution in [0, 0.1) is 5.82 Å². The minimum Gasteiger partial charge on any atom is -0.378 e. The quantitative estimate of drug-likeness (QED) is 0.578. The Morgan fingerprint density at radius 3 is 2.63 bits per heavy atom. The molecule has 6 heteroatoms. The molecule has 2 heterocycles. The molecule has 0 aliphatic rings. The summed E-state index contributed by atoms with van der Waals surface area (Å²) in [5, 5.41) is 7.95. The Labute approximate surface area is 157 Å². The third kappa shape index (κ3) is 3.60. The van der Waals surface area contributed by atoms with Crippen LogP contribution in [0.15, 0.2) is 66.9 Å². The summed E-state index contributed by atoms with van der Waals surface area (Å²) in [6, 6.07) is 18.5. The predicted octanol–water partition coefficient (Wildman–Crippen LogP) is 4.21. The van der Waals surface area contributed by atoms with Crippen LogP contribution < -0.4 is 10.2 Å². The lowest BCUT2D eigenvalue weighted by Gasteiger charge is -2.13. The Morgan fingerprint density at radius 1 is 1.04 bits per heavy atom. The fourth-order valence-corrected chi connectivity index (χ4v) is 2.90. The molecule has 0 fully saturated rings. The molecule has 27 heavy (non-hydrogen) atoms. The number of hydrogen-bond donors (Lipinski definition) is 1. The van der Waals surface area contributed by atoms with Crippen LogP contribution in [0.2, 0.25) is 0 Å². The number of nitrogens with one attached hydrogen (secondary N) is 1. The highest BCUT2D eigenvalue weighted by Gasteiger charge is 2.09. The van der Waals surface area contributed by atoms with Crippen molar-refractivity contribution in [1.29, 1.82) is 0 Å². The van der Waals surface area contributed by atoms with Gasteiger partial charge in [0.25, 0.3) is 0 Å². The average molecular weight is 361 g/mol. The van der Waals surface area contributed by atoms with E-state index in [2.05, 4.69) is 38.5 Å². The Balaban J connectivity index is 1.63. The van der Waals surface area contributed by atoms with E-state index < -0.39 is 0 Å². The van der Waals surface area contributed by atoms with Gasteiger partial charge >= 0.3 is 0 Å². The van der Waals surface area contributed by atoms with Crippen LogP contribution in [0.5, 0.6) is 0 Å². The van der Waals surface area contributed by atoms with Gasteiger partial charge in [0.1, 0.15) is 11.6 Å². The van der Waals surface area contributed by atoms with Crippen LogP contribution in [0.3, 0.4) is 0 Å². The summed E-state index contributed by atoms with van der Waals surface area (Å²) in [5.41, 5.74) is 4.87. The zero-order valence-electron chi connectivity index (χ0n) is 15.2. The van der Waals surface area contributed by atoms with Crippen LogP contribution in [0.4, 0.5) is 15.9 Å². The fourth-order valence-electron chi connectivity index (χ4n) is 2.90. The van der Waals surface area contributed by atoms with Gasteiger partial charge in [0, 0.05) is 31.9 Å². The molecular weight excluding hydrogens is 341 g/mol. The van der Waals surface area contributed by atoms with Gasteiger partial charge in [-0.1, -0.05) is 24.3 Å². The largest absolute Gasteiger partial charge is 0.378 e. The number of benzene rings is 2. The Kier molecular flexibility index (Phi) is 4.46. The van der Waals surface area contributed by atoms with Crippen molar-refractivity contribution in [2.24, 2.45) is 0 Å². The summed E-state index contributed by atoms with van der Waals surface area (Å²) >= 11 is 0. The summed E-state index contributed by atoms with van der Waals surface area (Å²) in [6.45, 7) is 0.568. The lowest BCUT2D eigenvalue weighted by atomic mass is 10.1. The highest BCUT2D eigenvalue weighted by atomic mass is 19.1. The molecule has 5 nitrogen and oxygen atoms in total. The molecular formula is C21H20FN5. The third-order valence-corrected chi connectivity index (χ3v) is 4.41. The van der Waals surface area contributed by atoms with Crippen molar-refractivity contribution < 1.29 is 4.39 Å². The maximum absolute atomic E-state index is 13.0. The lowest BCUT2D eigenvalue weighted by molar-refractivity contribution is 0.627. The summed E-state index contributed by atoms with van der Waals surface area (Å²) in [4.78, 5) is 6.52. The van der Waals surface area contributed by atoms with E-state index >= 15 is 0 Å². The number of anilines is 2. The van der Waals surface area contributed by atoms with Gasteiger partial charge in [-0.3, -0.25) is 0 Å². The number of aromatic nitrogens is 3. The van der Waals surface area contributed by atoms with Gasteiger partial charge in [0.2, 0.25) is 0 Å². The van der Waals surface area contributed by atoms with Crippen molar-refractivity contribution in [2.75, 3.05) is 24.3 Å². The fraction of sp³-hybridized carbons (Fsp3) is 0.143. The molecule has 0 amide bonds. The van der Waals surface area contributed by atoms with Crippen molar-refractivity contribution >= 4 is 17.2 Å². The van der Waals surface area contributed by atoms with Gasteiger partial charge in [0.15, 0.2) is 5.65 Å². The van der Waals surface area contributed by atoms with Gasteiger partial charge in [-0.05, 0) is 42.0 Å². The Hall–Kier alpha value is -3.41. The summed E-state index contributed by atoms with van der Waals surface area (Å²) in [6.07, 6.45) is 1.83. The zero-order chi connectivity index (χ0) is 18.8. The molecule has 4 aromatic rings. The van der Waals surface area contributed by atoms with Crippen LogP contribution in [0.25, 0.3) is 16.9 Å². The number of halogens is 1. The molecule has 0 atom stereocenters. The molecule has 0 aliphatic carbocycles. The lowest BCUT2D eigenvalue weighted by Crippen LogP contribution is -2.08. The molecule has 4 rings (SSSR count). The van der Waals surface area contributed by atoms with Gasteiger partial charge in [-0.15, -0.1) is 5.10 Å². The maximum Gasteiger partial charge on any atom is 0.154 e. The minimum absolute atomic E-state index is 0.235. The molecule has 0 aliphatic heterocycles. The SMILES string of the molecule is CN(C)c1cccc(-c2cnc3ccc(NCc4ccc(F)cc4)nn23)c1. The standard InChI is InChI=1S/C21H20FN5/c1-26(2)18-5-3-4-16(12-18)19-14-24-21-11-10-20(25-27(19)21)23-13-15-6-8-17(22)9-7-15/h3-12,14H,13H2,1-2H3,(H,23,25). The second kappa shape index (κ2) is 7.07. The smallest absolute Gasteiger partial charge is 0.154 e. The first-order valence-electron chi connectivity index (χ1n) is 8.71. The van der Waals surface area contributed by atoms with Crippen LogP contribution in [-0.2, 0) is 6.54 Å².